The quantitative estimate of drug-likeness (QED) is 0.228. The Balaban J connectivity index is 0.00000450. The Kier molecular flexibility index (Phi) is 11.8. The number of para-hydroxylation sites is 1. The summed E-state index contributed by atoms with van der Waals surface area (Å²) >= 11 is 0. The Bertz CT molecular complexity index is 810. The van der Waals surface area contributed by atoms with Crippen LogP contribution in [0.5, 0.6) is 5.75 Å². The van der Waals surface area contributed by atoms with E-state index < -0.39 is 0 Å². The highest BCUT2D eigenvalue weighted by Gasteiger charge is 2.07. The molecule has 0 saturated heterocycles. The van der Waals surface area contributed by atoms with Gasteiger partial charge in [0.15, 0.2) is 5.96 Å². The standard InChI is InChI=1S/C22H30N4O3.HI/c1-23-22(24-13-14-29-16-19-7-5-6-8-20(19)28-4)25-15-17-9-11-18(12-10-17)21(27)26(2)3;/h5-12H,13-16H2,1-4H3,(H2,23,24,25);1H. The van der Waals surface area contributed by atoms with Gasteiger partial charge in [0.25, 0.3) is 5.91 Å². The lowest BCUT2D eigenvalue weighted by atomic mass is 10.1. The number of hydrogen-bond acceptors (Lipinski definition) is 4. The second kappa shape index (κ2) is 13.8. The smallest absolute Gasteiger partial charge is 0.253 e. The number of amides is 1. The lowest BCUT2D eigenvalue weighted by Gasteiger charge is -2.13. The Morgan fingerprint density at radius 1 is 1.07 bits per heavy atom. The van der Waals surface area contributed by atoms with Crippen LogP contribution < -0.4 is 15.4 Å². The number of guanidine groups is 1. The van der Waals surface area contributed by atoms with E-state index in [9.17, 15) is 4.79 Å². The molecule has 164 valence electrons. The zero-order chi connectivity index (χ0) is 21.1. The number of hydrogen-bond donors (Lipinski definition) is 2. The van der Waals surface area contributed by atoms with Gasteiger partial charge in [-0.05, 0) is 23.8 Å². The number of carbonyl (C=O) groups is 1. The van der Waals surface area contributed by atoms with E-state index in [1.54, 1.807) is 33.2 Å². The summed E-state index contributed by atoms with van der Waals surface area (Å²) in [5, 5.41) is 6.47. The maximum Gasteiger partial charge on any atom is 0.253 e. The maximum absolute atomic E-state index is 11.9. The van der Waals surface area contributed by atoms with Crippen LogP contribution in [0.15, 0.2) is 53.5 Å². The van der Waals surface area contributed by atoms with E-state index in [2.05, 4.69) is 15.6 Å². The summed E-state index contributed by atoms with van der Waals surface area (Å²) in [6, 6.07) is 15.4. The van der Waals surface area contributed by atoms with E-state index >= 15 is 0 Å². The van der Waals surface area contributed by atoms with E-state index in [-0.39, 0.29) is 29.9 Å². The number of carbonyl (C=O) groups excluding carboxylic acids is 1. The average molecular weight is 526 g/mol. The van der Waals surface area contributed by atoms with Gasteiger partial charge in [0.05, 0.1) is 20.3 Å². The highest BCUT2D eigenvalue weighted by molar-refractivity contribution is 14.0. The summed E-state index contributed by atoms with van der Waals surface area (Å²) in [5.41, 5.74) is 2.76. The molecular weight excluding hydrogens is 495 g/mol. The molecule has 0 aliphatic carbocycles. The summed E-state index contributed by atoms with van der Waals surface area (Å²) in [7, 11) is 6.87. The number of nitrogens with zero attached hydrogens (tertiary/aromatic N) is 2. The number of methoxy groups -OCH3 is 1. The lowest BCUT2D eigenvalue weighted by Crippen LogP contribution is -2.38. The van der Waals surface area contributed by atoms with Gasteiger partial charge in [-0.3, -0.25) is 9.79 Å². The van der Waals surface area contributed by atoms with Crippen LogP contribution in [-0.2, 0) is 17.9 Å². The van der Waals surface area contributed by atoms with Crippen molar-refractivity contribution in [3.05, 3.63) is 65.2 Å². The zero-order valence-corrected chi connectivity index (χ0v) is 20.3. The second-order valence-corrected chi connectivity index (χ2v) is 6.61. The molecule has 30 heavy (non-hydrogen) atoms. The number of ether oxygens (including phenoxy) is 2. The summed E-state index contributed by atoms with van der Waals surface area (Å²) < 4.78 is 11.0. The van der Waals surface area contributed by atoms with Crippen LogP contribution in [0, 0.1) is 0 Å². The molecule has 0 fully saturated rings. The minimum absolute atomic E-state index is 0. The number of halogens is 1. The van der Waals surface area contributed by atoms with E-state index in [1.165, 1.54) is 0 Å². The molecule has 8 heteroatoms. The van der Waals surface area contributed by atoms with Gasteiger partial charge < -0.3 is 25.0 Å². The third kappa shape index (κ3) is 8.19. The van der Waals surface area contributed by atoms with Gasteiger partial charge in [-0.2, -0.15) is 0 Å². The average Bonchev–Trinajstić information content (AvgIpc) is 2.75. The van der Waals surface area contributed by atoms with Crippen molar-refractivity contribution in [1.82, 2.24) is 15.5 Å². The first-order valence-corrected chi connectivity index (χ1v) is 9.50. The molecule has 0 bridgehead atoms. The topological polar surface area (TPSA) is 75.2 Å². The van der Waals surface area contributed by atoms with Gasteiger partial charge in [0.1, 0.15) is 5.75 Å². The van der Waals surface area contributed by atoms with Crippen LogP contribution in [0.25, 0.3) is 0 Å². The number of rotatable bonds is 9. The monoisotopic (exact) mass is 526 g/mol. The molecule has 0 aromatic heterocycles. The molecule has 7 nitrogen and oxygen atoms in total. The highest BCUT2D eigenvalue weighted by Crippen LogP contribution is 2.17. The molecule has 0 radical (unpaired) electrons. The fraction of sp³-hybridized carbons (Fsp3) is 0.364. The molecule has 0 atom stereocenters. The lowest BCUT2D eigenvalue weighted by molar-refractivity contribution is 0.0827. The minimum Gasteiger partial charge on any atom is -0.496 e. The number of aliphatic imine (C=N–C) groups is 1. The maximum atomic E-state index is 11.9. The molecule has 0 unspecified atom stereocenters. The second-order valence-electron chi connectivity index (χ2n) is 6.61. The van der Waals surface area contributed by atoms with Gasteiger partial charge in [-0.15, -0.1) is 24.0 Å². The number of benzene rings is 2. The normalized spacial score (nSPS) is 10.7. The van der Waals surface area contributed by atoms with Crippen LogP contribution in [0.1, 0.15) is 21.5 Å². The molecule has 0 saturated carbocycles. The van der Waals surface area contributed by atoms with Gasteiger partial charge in [-0.25, -0.2) is 0 Å². The molecule has 0 aliphatic heterocycles. The first-order valence-electron chi connectivity index (χ1n) is 9.50. The zero-order valence-electron chi connectivity index (χ0n) is 18.0. The van der Waals surface area contributed by atoms with Crippen molar-refractivity contribution in [2.75, 3.05) is 41.4 Å². The van der Waals surface area contributed by atoms with Crippen LogP contribution in [-0.4, -0.2) is 58.2 Å². The fourth-order valence-electron chi connectivity index (χ4n) is 2.68. The van der Waals surface area contributed by atoms with Crippen molar-refractivity contribution in [3.8, 4) is 5.75 Å². The van der Waals surface area contributed by atoms with Gasteiger partial charge >= 0.3 is 0 Å². The predicted octanol–water partition coefficient (Wildman–Crippen LogP) is 2.90. The summed E-state index contributed by atoms with van der Waals surface area (Å²) in [5.74, 6) is 1.52. The highest BCUT2D eigenvalue weighted by atomic mass is 127. The van der Waals surface area contributed by atoms with Crippen LogP contribution in [0.4, 0.5) is 0 Å². The molecule has 2 aromatic carbocycles. The predicted molar refractivity (Wildman–Crippen MR) is 131 cm³/mol. The molecule has 0 heterocycles. The van der Waals surface area contributed by atoms with Crippen molar-refractivity contribution in [1.29, 1.82) is 0 Å². The van der Waals surface area contributed by atoms with E-state index in [0.29, 0.717) is 37.8 Å². The minimum atomic E-state index is -0.00453. The van der Waals surface area contributed by atoms with Crippen molar-refractivity contribution < 1.29 is 14.3 Å². The third-order valence-corrected chi connectivity index (χ3v) is 4.28. The molecule has 0 aliphatic rings. The van der Waals surface area contributed by atoms with Gasteiger partial charge in [0.2, 0.25) is 0 Å². The molecule has 2 rings (SSSR count). The molecular formula is C22H31IN4O3. The molecule has 0 spiro atoms. The van der Waals surface area contributed by atoms with Crippen molar-refractivity contribution in [3.63, 3.8) is 0 Å². The van der Waals surface area contributed by atoms with Crippen LogP contribution >= 0.6 is 24.0 Å². The van der Waals surface area contributed by atoms with Crippen molar-refractivity contribution in [2.45, 2.75) is 13.2 Å². The molecule has 2 aromatic rings. The summed E-state index contributed by atoms with van der Waals surface area (Å²) in [6.45, 7) is 2.28. The Labute approximate surface area is 195 Å². The summed E-state index contributed by atoms with van der Waals surface area (Å²) in [6.07, 6.45) is 0. The van der Waals surface area contributed by atoms with Crippen molar-refractivity contribution >= 4 is 35.8 Å². The summed E-state index contributed by atoms with van der Waals surface area (Å²) in [4.78, 5) is 17.7. The first kappa shape index (κ1) is 25.7. The van der Waals surface area contributed by atoms with Crippen LogP contribution in [0.2, 0.25) is 0 Å². The SMILES string of the molecule is CN=C(NCCOCc1ccccc1OC)NCc1ccc(C(=O)N(C)C)cc1.I. The van der Waals surface area contributed by atoms with E-state index in [0.717, 1.165) is 16.9 Å². The number of nitrogens with one attached hydrogen (secondary N) is 2. The van der Waals surface area contributed by atoms with E-state index in [4.69, 9.17) is 9.47 Å². The largest absolute Gasteiger partial charge is 0.496 e. The van der Waals surface area contributed by atoms with E-state index in [1.807, 2.05) is 48.5 Å². The Hall–Kier alpha value is -2.33. The van der Waals surface area contributed by atoms with Crippen LogP contribution in [0.3, 0.4) is 0 Å². The molecule has 1 amide bonds. The van der Waals surface area contributed by atoms with Gasteiger partial charge in [-0.1, -0.05) is 30.3 Å². The van der Waals surface area contributed by atoms with Gasteiger partial charge in [0, 0.05) is 45.4 Å². The molecule has 2 N–H and O–H groups in total. The third-order valence-electron chi connectivity index (χ3n) is 4.28. The fourth-order valence-corrected chi connectivity index (χ4v) is 2.68. The van der Waals surface area contributed by atoms with Crippen molar-refractivity contribution in [2.24, 2.45) is 4.99 Å². The Morgan fingerprint density at radius 3 is 2.40 bits per heavy atom. The first-order chi connectivity index (χ1) is 14.0. The Morgan fingerprint density at radius 2 is 1.77 bits per heavy atom.